The maximum atomic E-state index is 13.5. The van der Waals surface area contributed by atoms with E-state index in [2.05, 4.69) is 10.3 Å². The summed E-state index contributed by atoms with van der Waals surface area (Å²) in [4.78, 5) is 16.0. The number of rotatable bonds is 3. The average Bonchev–Trinajstić information content (AvgIpc) is 2.37. The molecule has 20 heavy (non-hydrogen) atoms. The van der Waals surface area contributed by atoms with Gasteiger partial charge in [-0.25, -0.2) is 9.37 Å². The molecule has 4 nitrogen and oxygen atoms in total. The van der Waals surface area contributed by atoms with Gasteiger partial charge in [-0.15, -0.1) is 0 Å². The summed E-state index contributed by atoms with van der Waals surface area (Å²) < 4.78 is 18.3. The van der Waals surface area contributed by atoms with Crippen LogP contribution in [0, 0.1) is 12.7 Å². The predicted molar refractivity (Wildman–Crippen MR) is 74.9 cm³/mol. The van der Waals surface area contributed by atoms with E-state index in [0.717, 1.165) is 0 Å². The largest absolute Gasteiger partial charge is 0.494 e. The van der Waals surface area contributed by atoms with E-state index in [4.69, 9.17) is 16.3 Å². The molecule has 0 saturated heterocycles. The highest BCUT2D eigenvalue weighted by Crippen LogP contribution is 2.21. The van der Waals surface area contributed by atoms with Crippen LogP contribution in [0.4, 0.5) is 10.1 Å². The zero-order valence-electron chi connectivity index (χ0n) is 10.9. The maximum Gasteiger partial charge on any atom is 0.255 e. The van der Waals surface area contributed by atoms with Crippen molar-refractivity contribution < 1.29 is 13.9 Å². The molecule has 0 atom stereocenters. The van der Waals surface area contributed by atoms with Crippen LogP contribution in [0.3, 0.4) is 0 Å². The molecule has 2 rings (SSSR count). The summed E-state index contributed by atoms with van der Waals surface area (Å²) in [7, 11) is 1.37. The number of carbonyl (C=O) groups is 1. The van der Waals surface area contributed by atoms with Gasteiger partial charge in [-0.05, 0) is 31.2 Å². The second-order valence-electron chi connectivity index (χ2n) is 4.12. The molecule has 0 bridgehead atoms. The monoisotopic (exact) mass is 294 g/mol. The number of nitrogens with zero attached hydrogens (tertiary/aromatic N) is 1. The van der Waals surface area contributed by atoms with Crippen molar-refractivity contribution in [3.05, 3.63) is 52.6 Å². The SMILES string of the molecule is COc1ccc(NC(=O)c2cc(C)nc(Cl)c2)cc1F. The molecule has 0 fully saturated rings. The van der Waals surface area contributed by atoms with Crippen molar-refractivity contribution in [2.75, 3.05) is 12.4 Å². The topological polar surface area (TPSA) is 51.2 Å². The second-order valence-corrected chi connectivity index (χ2v) is 4.51. The lowest BCUT2D eigenvalue weighted by molar-refractivity contribution is 0.102. The number of anilines is 1. The Balaban J connectivity index is 2.21. The van der Waals surface area contributed by atoms with E-state index in [1.807, 2.05) is 0 Å². The van der Waals surface area contributed by atoms with Crippen LogP contribution in [0.25, 0.3) is 0 Å². The Hall–Kier alpha value is -2.14. The van der Waals surface area contributed by atoms with Crippen molar-refractivity contribution >= 4 is 23.2 Å². The van der Waals surface area contributed by atoms with Gasteiger partial charge in [-0.2, -0.15) is 0 Å². The van der Waals surface area contributed by atoms with E-state index in [1.54, 1.807) is 19.1 Å². The molecule has 0 aliphatic heterocycles. The van der Waals surface area contributed by atoms with E-state index in [-0.39, 0.29) is 16.8 Å². The first-order valence-corrected chi connectivity index (χ1v) is 6.16. The predicted octanol–water partition coefficient (Wildman–Crippen LogP) is 3.44. The molecular weight excluding hydrogens is 283 g/mol. The molecule has 1 amide bonds. The fourth-order valence-corrected chi connectivity index (χ4v) is 1.96. The minimum absolute atomic E-state index is 0.116. The highest BCUT2D eigenvalue weighted by molar-refractivity contribution is 6.29. The number of hydrogen-bond acceptors (Lipinski definition) is 3. The molecule has 0 aliphatic rings. The summed E-state index contributed by atoms with van der Waals surface area (Å²) in [6, 6.07) is 7.22. The number of halogens is 2. The van der Waals surface area contributed by atoms with Crippen molar-refractivity contribution in [2.45, 2.75) is 6.92 Å². The van der Waals surface area contributed by atoms with E-state index >= 15 is 0 Å². The van der Waals surface area contributed by atoms with E-state index in [9.17, 15) is 9.18 Å². The molecule has 0 unspecified atom stereocenters. The maximum absolute atomic E-state index is 13.5. The number of pyridine rings is 1. The summed E-state index contributed by atoms with van der Waals surface area (Å²) >= 11 is 5.79. The second kappa shape index (κ2) is 5.88. The fourth-order valence-electron chi connectivity index (χ4n) is 1.71. The van der Waals surface area contributed by atoms with E-state index in [1.165, 1.54) is 25.3 Å². The van der Waals surface area contributed by atoms with Crippen molar-refractivity contribution in [2.24, 2.45) is 0 Å². The zero-order valence-corrected chi connectivity index (χ0v) is 11.7. The molecule has 1 heterocycles. The van der Waals surface area contributed by atoms with Gasteiger partial charge in [0.2, 0.25) is 0 Å². The Labute approximate surface area is 120 Å². The lowest BCUT2D eigenvalue weighted by atomic mass is 10.2. The van der Waals surface area contributed by atoms with Gasteiger partial charge in [0.15, 0.2) is 11.6 Å². The first-order chi connectivity index (χ1) is 9.49. The molecule has 0 saturated carbocycles. The average molecular weight is 295 g/mol. The van der Waals surface area contributed by atoms with Gasteiger partial charge in [-0.1, -0.05) is 11.6 Å². The van der Waals surface area contributed by atoms with Gasteiger partial charge in [0.25, 0.3) is 5.91 Å². The molecule has 0 aliphatic carbocycles. The smallest absolute Gasteiger partial charge is 0.255 e. The summed E-state index contributed by atoms with van der Waals surface area (Å²) in [6.45, 7) is 1.73. The number of hydrogen-bond donors (Lipinski definition) is 1. The number of benzene rings is 1. The van der Waals surface area contributed by atoms with Crippen LogP contribution in [0.15, 0.2) is 30.3 Å². The third-order valence-electron chi connectivity index (χ3n) is 2.59. The summed E-state index contributed by atoms with van der Waals surface area (Å²) in [5, 5.41) is 2.82. The number of ether oxygens (including phenoxy) is 1. The van der Waals surface area contributed by atoms with Crippen molar-refractivity contribution in [3.8, 4) is 5.75 Å². The van der Waals surface area contributed by atoms with E-state index < -0.39 is 5.82 Å². The van der Waals surface area contributed by atoms with Crippen LogP contribution in [-0.4, -0.2) is 18.0 Å². The molecule has 104 valence electrons. The van der Waals surface area contributed by atoms with Crippen molar-refractivity contribution in [1.82, 2.24) is 4.98 Å². The minimum Gasteiger partial charge on any atom is -0.494 e. The Morgan fingerprint density at radius 3 is 2.70 bits per heavy atom. The van der Waals surface area contributed by atoms with Gasteiger partial charge >= 0.3 is 0 Å². The van der Waals surface area contributed by atoms with Crippen LogP contribution in [-0.2, 0) is 0 Å². The number of aryl methyl sites for hydroxylation is 1. The molecule has 1 N–H and O–H groups in total. The highest BCUT2D eigenvalue weighted by Gasteiger charge is 2.10. The van der Waals surface area contributed by atoms with Gasteiger partial charge in [0, 0.05) is 23.0 Å². The van der Waals surface area contributed by atoms with Crippen LogP contribution in [0.2, 0.25) is 5.15 Å². The molecule has 0 radical (unpaired) electrons. The highest BCUT2D eigenvalue weighted by atomic mass is 35.5. The Morgan fingerprint density at radius 2 is 2.10 bits per heavy atom. The van der Waals surface area contributed by atoms with Crippen LogP contribution >= 0.6 is 11.6 Å². The third kappa shape index (κ3) is 3.24. The third-order valence-corrected chi connectivity index (χ3v) is 2.79. The Kier molecular flexibility index (Phi) is 4.20. The quantitative estimate of drug-likeness (QED) is 0.882. The number of amides is 1. The number of carbonyl (C=O) groups excluding carboxylic acids is 1. The molecular formula is C14H12ClFN2O2. The van der Waals surface area contributed by atoms with Crippen LogP contribution in [0.1, 0.15) is 16.1 Å². The Bertz CT molecular complexity index is 641. The Morgan fingerprint density at radius 1 is 1.35 bits per heavy atom. The standard InChI is InChI=1S/C14H12ClFN2O2/c1-8-5-9(6-13(15)17-8)14(19)18-10-3-4-12(20-2)11(16)7-10/h3-7H,1-2H3,(H,18,19). The molecule has 0 spiro atoms. The van der Waals surface area contributed by atoms with E-state index in [0.29, 0.717) is 16.9 Å². The summed E-state index contributed by atoms with van der Waals surface area (Å²) in [5.41, 5.74) is 1.32. The van der Waals surface area contributed by atoms with Crippen LogP contribution in [0.5, 0.6) is 5.75 Å². The molecule has 2 aromatic rings. The molecule has 6 heteroatoms. The number of nitrogens with one attached hydrogen (secondary N) is 1. The lowest BCUT2D eigenvalue weighted by Crippen LogP contribution is -2.12. The normalized spacial score (nSPS) is 10.2. The van der Waals surface area contributed by atoms with Crippen LogP contribution < -0.4 is 10.1 Å². The van der Waals surface area contributed by atoms with Crippen molar-refractivity contribution in [3.63, 3.8) is 0 Å². The minimum atomic E-state index is -0.547. The molecule has 1 aromatic heterocycles. The van der Waals surface area contributed by atoms with Gasteiger partial charge in [0.1, 0.15) is 5.15 Å². The van der Waals surface area contributed by atoms with Gasteiger partial charge < -0.3 is 10.1 Å². The first-order valence-electron chi connectivity index (χ1n) is 5.78. The van der Waals surface area contributed by atoms with Gasteiger partial charge in [-0.3, -0.25) is 4.79 Å². The first kappa shape index (κ1) is 14.3. The summed E-state index contributed by atoms with van der Waals surface area (Å²) in [5.74, 6) is -0.818. The lowest BCUT2D eigenvalue weighted by Gasteiger charge is -2.08. The summed E-state index contributed by atoms with van der Waals surface area (Å²) in [6.07, 6.45) is 0. The molecule has 1 aromatic carbocycles. The number of methoxy groups -OCH3 is 1. The van der Waals surface area contributed by atoms with Crippen molar-refractivity contribution in [1.29, 1.82) is 0 Å². The number of aromatic nitrogens is 1. The zero-order chi connectivity index (χ0) is 14.7. The van der Waals surface area contributed by atoms with Gasteiger partial charge in [0.05, 0.1) is 7.11 Å². The fraction of sp³-hybridized carbons (Fsp3) is 0.143.